The van der Waals surface area contributed by atoms with Gasteiger partial charge in [-0.3, -0.25) is 9.59 Å². The fourth-order valence-electron chi connectivity index (χ4n) is 3.19. The highest BCUT2D eigenvalue weighted by Gasteiger charge is 2.27. The number of carbonyl (C=O) groups excluding carboxylic acids is 2. The van der Waals surface area contributed by atoms with Gasteiger partial charge in [-0.1, -0.05) is 67.8 Å². The average Bonchev–Trinajstić information content (AvgIpc) is 2.97. The van der Waals surface area contributed by atoms with Gasteiger partial charge in [-0.25, -0.2) is 0 Å². The van der Waals surface area contributed by atoms with Gasteiger partial charge in [-0.05, 0) is 31.4 Å². The molecule has 0 spiro atoms. The summed E-state index contributed by atoms with van der Waals surface area (Å²) in [6.45, 7) is 2.28. The minimum Gasteiger partial charge on any atom is -0.466 e. The van der Waals surface area contributed by atoms with E-state index in [1.807, 2.05) is 31.2 Å². The summed E-state index contributed by atoms with van der Waals surface area (Å²) in [5.41, 5.74) is 1.16. The van der Waals surface area contributed by atoms with E-state index in [-0.39, 0.29) is 23.6 Å². The summed E-state index contributed by atoms with van der Waals surface area (Å²) in [4.78, 5) is 23.4. The number of esters is 1. The highest BCUT2D eigenvalue weighted by atomic mass is 16.5. The molecule has 1 aliphatic carbocycles. The van der Waals surface area contributed by atoms with Crippen molar-refractivity contribution in [1.29, 1.82) is 0 Å². The number of ketones is 1. The molecule has 0 saturated carbocycles. The van der Waals surface area contributed by atoms with Crippen molar-refractivity contribution in [3.05, 3.63) is 54.1 Å². The van der Waals surface area contributed by atoms with E-state index < -0.39 is 0 Å². The third kappa shape index (κ3) is 6.69. The molecule has 0 bridgehead atoms. The fraction of sp³-hybridized carbons (Fsp3) is 0.455. The van der Waals surface area contributed by atoms with E-state index in [2.05, 4.69) is 24.3 Å². The lowest BCUT2D eigenvalue weighted by Crippen LogP contribution is -2.14. The maximum atomic E-state index is 12.1. The molecular formula is C22H28O3. The molecule has 0 saturated heterocycles. The minimum atomic E-state index is -0.108. The molecule has 0 radical (unpaired) electrons. The molecule has 3 heteroatoms. The van der Waals surface area contributed by atoms with Crippen LogP contribution in [0.25, 0.3) is 6.08 Å². The first-order chi connectivity index (χ1) is 12.2. The molecule has 1 aromatic rings. The molecule has 2 atom stereocenters. The van der Waals surface area contributed by atoms with Crippen molar-refractivity contribution in [2.75, 3.05) is 6.61 Å². The Hall–Kier alpha value is -2.16. The molecule has 0 heterocycles. The monoisotopic (exact) mass is 340 g/mol. The van der Waals surface area contributed by atoms with E-state index in [1.165, 1.54) is 0 Å². The van der Waals surface area contributed by atoms with E-state index in [4.69, 9.17) is 4.74 Å². The Bertz CT molecular complexity index is 601. The third-order valence-electron chi connectivity index (χ3n) is 4.57. The quantitative estimate of drug-likeness (QED) is 0.446. The summed E-state index contributed by atoms with van der Waals surface area (Å²) < 4.78 is 4.92. The van der Waals surface area contributed by atoms with Crippen LogP contribution in [-0.2, 0) is 14.3 Å². The van der Waals surface area contributed by atoms with Gasteiger partial charge in [0.15, 0.2) is 5.78 Å². The summed E-state index contributed by atoms with van der Waals surface area (Å²) in [5.74, 6) is 0.412. The number of hydrogen-bond acceptors (Lipinski definition) is 3. The van der Waals surface area contributed by atoms with Crippen LogP contribution in [0.3, 0.4) is 0 Å². The van der Waals surface area contributed by atoms with Gasteiger partial charge in [0, 0.05) is 18.3 Å². The highest BCUT2D eigenvalue weighted by Crippen LogP contribution is 2.29. The molecule has 0 aliphatic heterocycles. The van der Waals surface area contributed by atoms with E-state index in [9.17, 15) is 9.59 Å². The standard InChI is InChI=1S/C22H28O3/c1-2-25-22(24)13-9-4-3-8-12-20-19(16-17-21(20)23)15-14-18-10-6-5-7-11-18/h5-7,10-11,14-17,19-20H,2-4,8-9,12-13H2,1H3/b15-14+/t19-,20+/m0/s1. The topological polar surface area (TPSA) is 43.4 Å². The maximum Gasteiger partial charge on any atom is 0.305 e. The van der Waals surface area contributed by atoms with Gasteiger partial charge in [0.2, 0.25) is 0 Å². The summed E-state index contributed by atoms with van der Waals surface area (Å²) in [6, 6.07) is 10.2. The molecule has 0 unspecified atom stereocenters. The van der Waals surface area contributed by atoms with Gasteiger partial charge in [-0.2, -0.15) is 0 Å². The van der Waals surface area contributed by atoms with Crippen LogP contribution in [-0.4, -0.2) is 18.4 Å². The Balaban J connectivity index is 1.70. The van der Waals surface area contributed by atoms with Gasteiger partial charge >= 0.3 is 5.97 Å². The molecule has 0 aromatic heterocycles. The predicted molar refractivity (Wildman–Crippen MR) is 101 cm³/mol. The lowest BCUT2D eigenvalue weighted by Gasteiger charge is -2.14. The molecule has 2 rings (SSSR count). The number of carbonyl (C=O) groups is 2. The van der Waals surface area contributed by atoms with Crippen molar-refractivity contribution in [1.82, 2.24) is 0 Å². The van der Waals surface area contributed by atoms with Gasteiger partial charge in [0.1, 0.15) is 0 Å². The Morgan fingerprint density at radius 3 is 2.64 bits per heavy atom. The SMILES string of the molecule is CCOC(=O)CCCCCC[C@H]1C(=O)C=C[C@@H]1/C=C/c1ccccc1. The third-order valence-corrected chi connectivity index (χ3v) is 4.57. The second kappa shape index (κ2) is 10.7. The summed E-state index contributed by atoms with van der Waals surface area (Å²) in [7, 11) is 0. The zero-order chi connectivity index (χ0) is 17.9. The maximum absolute atomic E-state index is 12.1. The first kappa shape index (κ1) is 19.2. The van der Waals surface area contributed by atoms with Crippen molar-refractivity contribution in [3.63, 3.8) is 0 Å². The van der Waals surface area contributed by atoms with Crippen molar-refractivity contribution in [3.8, 4) is 0 Å². The predicted octanol–water partition coefficient (Wildman–Crippen LogP) is 4.97. The van der Waals surface area contributed by atoms with E-state index in [0.29, 0.717) is 13.0 Å². The summed E-state index contributed by atoms with van der Waals surface area (Å²) in [5, 5.41) is 0. The van der Waals surface area contributed by atoms with Crippen molar-refractivity contribution in [2.45, 2.75) is 45.4 Å². The van der Waals surface area contributed by atoms with Gasteiger partial charge < -0.3 is 4.74 Å². The smallest absolute Gasteiger partial charge is 0.305 e. The van der Waals surface area contributed by atoms with Gasteiger partial charge in [-0.15, -0.1) is 0 Å². The fourth-order valence-corrected chi connectivity index (χ4v) is 3.19. The lowest BCUT2D eigenvalue weighted by molar-refractivity contribution is -0.143. The van der Waals surface area contributed by atoms with Crippen LogP contribution in [0.1, 0.15) is 51.0 Å². The Labute approximate surface area is 150 Å². The zero-order valence-electron chi connectivity index (χ0n) is 15.0. The second-order valence-electron chi connectivity index (χ2n) is 6.47. The van der Waals surface area contributed by atoms with E-state index in [1.54, 1.807) is 6.08 Å². The van der Waals surface area contributed by atoms with Gasteiger partial charge in [0.25, 0.3) is 0 Å². The average molecular weight is 340 g/mol. The molecule has 0 amide bonds. The van der Waals surface area contributed by atoms with Crippen molar-refractivity contribution < 1.29 is 14.3 Å². The number of ether oxygens (including phenoxy) is 1. The van der Waals surface area contributed by atoms with Crippen LogP contribution in [0, 0.1) is 11.8 Å². The number of allylic oxidation sites excluding steroid dienone is 3. The number of rotatable bonds is 10. The normalized spacial score (nSPS) is 19.6. The molecular weight excluding hydrogens is 312 g/mol. The first-order valence-electron chi connectivity index (χ1n) is 9.31. The largest absolute Gasteiger partial charge is 0.466 e. The molecule has 0 fully saturated rings. The van der Waals surface area contributed by atoms with Crippen LogP contribution in [0.15, 0.2) is 48.6 Å². The number of hydrogen-bond donors (Lipinski definition) is 0. The molecule has 3 nitrogen and oxygen atoms in total. The van der Waals surface area contributed by atoms with E-state index >= 15 is 0 Å². The Morgan fingerprint density at radius 2 is 1.88 bits per heavy atom. The summed E-state index contributed by atoms with van der Waals surface area (Å²) >= 11 is 0. The van der Waals surface area contributed by atoms with Crippen LogP contribution in [0.2, 0.25) is 0 Å². The first-order valence-corrected chi connectivity index (χ1v) is 9.31. The van der Waals surface area contributed by atoms with Crippen LogP contribution < -0.4 is 0 Å². The van der Waals surface area contributed by atoms with Crippen LogP contribution in [0.5, 0.6) is 0 Å². The Kier molecular flexibility index (Phi) is 8.17. The van der Waals surface area contributed by atoms with E-state index in [0.717, 1.165) is 37.7 Å². The molecule has 1 aromatic carbocycles. The zero-order valence-corrected chi connectivity index (χ0v) is 15.0. The summed E-state index contributed by atoms with van der Waals surface area (Å²) in [6.07, 6.45) is 13.4. The van der Waals surface area contributed by atoms with Crippen molar-refractivity contribution >= 4 is 17.8 Å². The Morgan fingerprint density at radius 1 is 1.12 bits per heavy atom. The molecule has 25 heavy (non-hydrogen) atoms. The van der Waals surface area contributed by atoms with Gasteiger partial charge in [0.05, 0.1) is 6.61 Å². The number of benzene rings is 1. The lowest BCUT2D eigenvalue weighted by atomic mass is 9.88. The highest BCUT2D eigenvalue weighted by molar-refractivity contribution is 5.95. The second-order valence-corrected chi connectivity index (χ2v) is 6.47. The molecule has 134 valence electrons. The molecule has 0 N–H and O–H groups in total. The van der Waals surface area contributed by atoms with Crippen molar-refractivity contribution in [2.24, 2.45) is 11.8 Å². The minimum absolute atomic E-state index is 0.0741. The molecule has 1 aliphatic rings. The number of unbranched alkanes of at least 4 members (excludes halogenated alkanes) is 3. The van der Waals surface area contributed by atoms with Crippen LogP contribution in [0.4, 0.5) is 0 Å². The van der Waals surface area contributed by atoms with Crippen LogP contribution >= 0.6 is 0 Å².